The second kappa shape index (κ2) is 8.66. The maximum Gasteiger partial charge on any atom is 0.276 e. The van der Waals surface area contributed by atoms with Crippen molar-refractivity contribution in [3.8, 4) is 0 Å². The Hall–Kier alpha value is -1.90. The van der Waals surface area contributed by atoms with E-state index in [2.05, 4.69) is 22.2 Å². The Kier molecular flexibility index (Phi) is 6.80. The van der Waals surface area contributed by atoms with Gasteiger partial charge in [0.05, 0.1) is 5.56 Å². The summed E-state index contributed by atoms with van der Waals surface area (Å²) in [5, 5.41) is 7.57. The Balaban J connectivity index is 0.00000243. The highest BCUT2D eigenvalue weighted by Gasteiger charge is 2.27. The van der Waals surface area contributed by atoms with Crippen molar-refractivity contribution in [1.82, 2.24) is 14.7 Å². The molecule has 3 heterocycles. The number of thiophene rings is 1. The number of amides is 2. The minimum absolute atomic E-state index is 0. The van der Waals surface area contributed by atoms with E-state index in [1.807, 2.05) is 6.92 Å². The molecule has 0 aromatic carbocycles. The molecule has 0 spiro atoms. The normalized spacial score (nSPS) is 13.8. The van der Waals surface area contributed by atoms with Crippen LogP contribution in [0.4, 0.5) is 5.00 Å². The van der Waals surface area contributed by atoms with Crippen LogP contribution in [-0.2, 0) is 19.5 Å². The van der Waals surface area contributed by atoms with E-state index >= 15 is 0 Å². The van der Waals surface area contributed by atoms with Crippen molar-refractivity contribution in [2.75, 3.05) is 18.4 Å². The third-order valence-corrected chi connectivity index (χ3v) is 5.48. The molecule has 0 atom stereocenters. The fraction of sp³-hybridized carbons (Fsp3) is 0.471. The molecular weight excluding hydrogens is 374 g/mol. The lowest BCUT2D eigenvalue weighted by Gasteiger charge is -2.26. The van der Waals surface area contributed by atoms with Gasteiger partial charge in [-0.1, -0.05) is 6.92 Å². The number of nitrogens with one attached hydrogen (secondary N) is 1. The Morgan fingerprint density at radius 1 is 1.38 bits per heavy atom. The molecule has 2 aromatic rings. The van der Waals surface area contributed by atoms with Crippen LogP contribution in [0.25, 0.3) is 0 Å². The van der Waals surface area contributed by atoms with Crippen molar-refractivity contribution in [3.05, 3.63) is 34.0 Å². The standard InChI is InChI=1S/C17H23N5O2S.ClH/c1-3-7-21-8-5-11-13(10-21)25-17(14(11)15(18)23)19-16(24)12-6-9-22(4-2)20-12;/h6,9H,3-5,7-8,10H2,1-2H3,(H2,18,23)(H,19,24);1H. The first kappa shape index (κ1) is 20.4. The first-order chi connectivity index (χ1) is 12.0. The monoisotopic (exact) mass is 397 g/mol. The van der Waals surface area contributed by atoms with E-state index < -0.39 is 5.91 Å². The lowest BCUT2D eigenvalue weighted by molar-refractivity contribution is 0.1000. The molecule has 9 heteroatoms. The van der Waals surface area contributed by atoms with Crippen LogP contribution in [0.1, 0.15) is 51.6 Å². The zero-order valence-electron chi connectivity index (χ0n) is 14.9. The van der Waals surface area contributed by atoms with Gasteiger partial charge in [0, 0.05) is 30.7 Å². The third kappa shape index (κ3) is 4.08. The Morgan fingerprint density at radius 2 is 2.15 bits per heavy atom. The number of halogens is 1. The smallest absolute Gasteiger partial charge is 0.276 e. The van der Waals surface area contributed by atoms with Crippen molar-refractivity contribution in [1.29, 1.82) is 0 Å². The largest absolute Gasteiger partial charge is 0.365 e. The van der Waals surface area contributed by atoms with Crippen molar-refractivity contribution in [2.45, 2.75) is 39.8 Å². The second-order valence-corrected chi connectivity index (χ2v) is 7.21. The van der Waals surface area contributed by atoms with Gasteiger partial charge in [0.2, 0.25) is 0 Å². The van der Waals surface area contributed by atoms with E-state index in [0.29, 0.717) is 22.8 Å². The molecule has 0 radical (unpaired) electrons. The number of primary amides is 1. The fourth-order valence-corrected chi connectivity index (χ4v) is 4.43. The molecule has 3 rings (SSSR count). The van der Waals surface area contributed by atoms with Crippen molar-refractivity contribution in [2.24, 2.45) is 5.73 Å². The molecule has 3 N–H and O–H groups in total. The lowest BCUT2D eigenvalue weighted by Crippen LogP contribution is -2.31. The van der Waals surface area contributed by atoms with Crippen LogP contribution in [0.15, 0.2) is 12.3 Å². The number of fused-ring (bicyclic) bond motifs is 1. The molecule has 0 unspecified atom stereocenters. The summed E-state index contributed by atoms with van der Waals surface area (Å²) in [6, 6.07) is 1.67. The van der Waals surface area contributed by atoms with E-state index in [4.69, 9.17) is 5.73 Å². The SMILES string of the molecule is CCCN1CCc2c(sc(NC(=O)c3ccn(CC)n3)c2C(N)=O)C1.Cl. The predicted octanol–water partition coefficient (Wildman–Crippen LogP) is 2.51. The molecule has 0 fully saturated rings. The summed E-state index contributed by atoms with van der Waals surface area (Å²) in [4.78, 5) is 27.9. The molecule has 0 saturated carbocycles. The van der Waals surface area contributed by atoms with Crippen LogP contribution in [0.2, 0.25) is 0 Å². The van der Waals surface area contributed by atoms with E-state index in [0.717, 1.165) is 42.9 Å². The van der Waals surface area contributed by atoms with Gasteiger partial charge in [-0.05, 0) is 37.9 Å². The highest BCUT2D eigenvalue weighted by molar-refractivity contribution is 7.17. The summed E-state index contributed by atoms with van der Waals surface area (Å²) in [5.74, 6) is -0.811. The average molecular weight is 398 g/mol. The van der Waals surface area contributed by atoms with Crippen LogP contribution in [0.5, 0.6) is 0 Å². The second-order valence-electron chi connectivity index (χ2n) is 6.11. The first-order valence-electron chi connectivity index (χ1n) is 8.55. The number of aromatic nitrogens is 2. The number of aryl methyl sites for hydroxylation is 1. The molecule has 142 valence electrons. The van der Waals surface area contributed by atoms with Crippen LogP contribution in [0, 0.1) is 0 Å². The summed E-state index contributed by atoms with van der Waals surface area (Å²) >= 11 is 1.45. The minimum atomic E-state index is -0.490. The average Bonchev–Trinajstić information content (AvgIpc) is 3.18. The number of hydrogen-bond donors (Lipinski definition) is 2. The molecule has 1 aliphatic rings. The fourth-order valence-electron chi connectivity index (χ4n) is 3.14. The maximum absolute atomic E-state index is 12.5. The van der Waals surface area contributed by atoms with Gasteiger partial charge in [0.15, 0.2) is 5.69 Å². The molecule has 0 saturated heterocycles. The summed E-state index contributed by atoms with van der Waals surface area (Å²) < 4.78 is 1.69. The number of rotatable bonds is 6. The van der Waals surface area contributed by atoms with Gasteiger partial charge < -0.3 is 11.1 Å². The van der Waals surface area contributed by atoms with Crippen molar-refractivity contribution in [3.63, 3.8) is 0 Å². The molecule has 1 aliphatic heterocycles. The number of nitrogens with two attached hydrogens (primary N) is 1. The lowest BCUT2D eigenvalue weighted by atomic mass is 10.0. The van der Waals surface area contributed by atoms with Gasteiger partial charge in [0.1, 0.15) is 5.00 Å². The molecule has 26 heavy (non-hydrogen) atoms. The summed E-state index contributed by atoms with van der Waals surface area (Å²) in [6.45, 7) is 7.54. The number of carbonyl (C=O) groups is 2. The Morgan fingerprint density at radius 3 is 2.77 bits per heavy atom. The molecule has 7 nitrogen and oxygen atoms in total. The zero-order chi connectivity index (χ0) is 18.0. The van der Waals surface area contributed by atoms with Crippen LogP contribution in [0.3, 0.4) is 0 Å². The number of anilines is 1. The third-order valence-electron chi connectivity index (χ3n) is 4.35. The van der Waals surface area contributed by atoms with E-state index in [1.165, 1.54) is 11.3 Å². The topological polar surface area (TPSA) is 93.2 Å². The van der Waals surface area contributed by atoms with Gasteiger partial charge in [-0.2, -0.15) is 5.10 Å². The van der Waals surface area contributed by atoms with E-state index in [1.54, 1.807) is 16.9 Å². The van der Waals surface area contributed by atoms with Gasteiger partial charge >= 0.3 is 0 Å². The van der Waals surface area contributed by atoms with E-state index in [-0.39, 0.29) is 18.3 Å². The van der Waals surface area contributed by atoms with Gasteiger partial charge in [-0.15, -0.1) is 23.7 Å². The quantitative estimate of drug-likeness (QED) is 0.783. The summed E-state index contributed by atoms with van der Waals surface area (Å²) in [6.07, 6.45) is 3.63. The highest BCUT2D eigenvalue weighted by Crippen LogP contribution is 2.37. The number of nitrogens with zero attached hydrogens (tertiary/aromatic N) is 3. The van der Waals surface area contributed by atoms with Gasteiger partial charge in [-0.3, -0.25) is 19.2 Å². The van der Waals surface area contributed by atoms with Crippen molar-refractivity contribution < 1.29 is 9.59 Å². The first-order valence-corrected chi connectivity index (χ1v) is 9.36. The Bertz CT molecular complexity index is 801. The summed E-state index contributed by atoms with van der Waals surface area (Å²) in [7, 11) is 0. The minimum Gasteiger partial charge on any atom is -0.365 e. The van der Waals surface area contributed by atoms with Crippen LogP contribution < -0.4 is 11.1 Å². The number of hydrogen-bond acceptors (Lipinski definition) is 5. The molecular formula is C17H24ClN5O2S. The van der Waals surface area contributed by atoms with Crippen molar-refractivity contribution >= 4 is 40.6 Å². The molecule has 0 aliphatic carbocycles. The van der Waals surface area contributed by atoms with Gasteiger partial charge in [-0.25, -0.2) is 0 Å². The molecule has 0 bridgehead atoms. The van der Waals surface area contributed by atoms with Crippen LogP contribution >= 0.6 is 23.7 Å². The molecule has 2 aromatic heterocycles. The zero-order valence-corrected chi connectivity index (χ0v) is 16.6. The number of carbonyl (C=O) groups excluding carboxylic acids is 2. The highest BCUT2D eigenvalue weighted by atomic mass is 35.5. The van der Waals surface area contributed by atoms with E-state index in [9.17, 15) is 9.59 Å². The van der Waals surface area contributed by atoms with Crippen LogP contribution in [-0.4, -0.2) is 39.6 Å². The molecule has 2 amide bonds. The maximum atomic E-state index is 12.5. The summed E-state index contributed by atoms with van der Waals surface area (Å²) in [5.41, 5.74) is 7.37. The Labute approximate surface area is 163 Å². The predicted molar refractivity (Wildman–Crippen MR) is 105 cm³/mol. The van der Waals surface area contributed by atoms with Gasteiger partial charge in [0.25, 0.3) is 11.8 Å².